The zero-order valence-electron chi connectivity index (χ0n) is 12.0. The highest BCUT2D eigenvalue weighted by atomic mass is 28.3. The maximum Gasteiger partial charge on any atom is 0.0773 e. The Bertz CT molecular complexity index is 431. The topological polar surface area (TPSA) is 72.6 Å². The number of rotatable bonds is 6. The lowest BCUT2D eigenvalue weighted by Gasteiger charge is -2.35. The fourth-order valence-electron chi connectivity index (χ4n) is 3.72. The summed E-state index contributed by atoms with van der Waals surface area (Å²) in [6.45, 7) is 0.481. The van der Waals surface area contributed by atoms with Gasteiger partial charge in [-0.3, -0.25) is 0 Å². The van der Waals surface area contributed by atoms with E-state index < -0.39 is 8.80 Å². The van der Waals surface area contributed by atoms with Gasteiger partial charge in [0.2, 0.25) is 0 Å². The Kier molecular flexibility index (Phi) is 6.08. The minimum atomic E-state index is -1.24. The van der Waals surface area contributed by atoms with Gasteiger partial charge in [-0.1, -0.05) is 60.6 Å². The summed E-state index contributed by atoms with van der Waals surface area (Å²) in [6.07, 6.45) is 17.2. The number of azide groups is 1. The van der Waals surface area contributed by atoms with Crippen molar-refractivity contribution in [1.82, 2.24) is 0 Å². The molecule has 1 saturated carbocycles. The van der Waals surface area contributed by atoms with Crippen LogP contribution in [0.2, 0.25) is 11.1 Å². The van der Waals surface area contributed by atoms with Gasteiger partial charge in [0.05, 0.1) is 8.80 Å². The van der Waals surface area contributed by atoms with Crippen molar-refractivity contribution in [3.8, 4) is 0 Å². The number of hydrogen-bond acceptors (Lipinski definition) is 2. The number of hydrogen-bond donors (Lipinski definition) is 1. The lowest BCUT2D eigenvalue weighted by atomic mass is 10.0. The van der Waals surface area contributed by atoms with Gasteiger partial charge in [-0.2, -0.15) is 0 Å². The fourth-order valence-corrected chi connectivity index (χ4v) is 8.13. The van der Waals surface area contributed by atoms with E-state index in [2.05, 4.69) is 28.3 Å². The first-order chi connectivity index (χ1) is 9.86. The van der Waals surface area contributed by atoms with Gasteiger partial charge >= 0.3 is 0 Å². The molecule has 2 aliphatic rings. The van der Waals surface area contributed by atoms with Crippen LogP contribution in [0.25, 0.3) is 10.4 Å². The molecule has 0 aromatic carbocycles. The van der Waals surface area contributed by atoms with Gasteiger partial charge < -0.3 is 5.41 Å². The van der Waals surface area contributed by atoms with E-state index in [0.717, 1.165) is 18.4 Å². The highest BCUT2D eigenvalue weighted by Crippen LogP contribution is 2.39. The van der Waals surface area contributed by atoms with Gasteiger partial charge in [0, 0.05) is 11.5 Å². The first kappa shape index (κ1) is 15.1. The summed E-state index contributed by atoms with van der Waals surface area (Å²) in [7, 11) is -1.24. The van der Waals surface area contributed by atoms with Crippen molar-refractivity contribution in [2.24, 2.45) is 5.11 Å². The van der Waals surface area contributed by atoms with E-state index in [1.54, 1.807) is 11.4 Å². The van der Waals surface area contributed by atoms with E-state index in [1.807, 2.05) is 0 Å². The third-order valence-electron chi connectivity index (χ3n) is 4.66. The fraction of sp³-hybridized carbons (Fsp3) is 0.667. The van der Waals surface area contributed by atoms with Crippen molar-refractivity contribution in [2.75, 3.05) is 6.54 Å². The molecule has 0 bridgehead atoms. The third-order valence-corrected chi connectivity index (χ3v) is 9.01. The molecular weight excluding hydrogens is 264 g/mol. The summed E-state index contributed by atoms with van der Waals surface area (Å²) in [4.78, 5) is 2.91. The average molecular weight is 288 g/mol. The second-order valence-electron chi connectivity index (χ2n) is 5.88. The second-order valence-corrected chi connectivity index (χ2v) is 9.47. The van der Waals surface area contributed by atoms with E-state index in [4.69, 9.17) is 10.9 Å². The predicted molar refractivity (Wildman–Crippen MR) is 87.0 cm³/mol. The summed E-state index contributed by atoms with van der Waals surface area (Å²) in [5, 5.41) is 13.2. The van der Waals surface area contributed by atoms with Crippen molar-refractivity contribution in [3.63, 3.8) is 0 Å². The second kappa shape index (κ2) is 8.07. The van der Waals surface area contributed by atoms with Crippen molar-refractivity contribution in [2.45, 2.75) is 56.0 Å². The molecule has 20 heavy (non-hydrogen) atoms. The zero-order chi connectivity index (χ0) is 14.2. The SMILES string of the molecule is [N-]=[N+]=NCC(C=N)[SiH](C1=CC=CCC1)C1CCCCC1. The summed E-state index contributed by atoms with van der Waals surface area (Å²) in [5.74, 6) is 0. The van der Waals surface area contributed by atoms with Crippen molar-refractivity contribution in [3.05, 3.63) is 33.9 Å². The molecule has 0 aromatic heterocycles. The minimum absolute atomic E-state index is 0.201. The zero-order valence-corrected chi connectivity index (χ0v) is 13.2. The van der Waals surface area contributed by atoms with Gasteiger partial charge in [-0.25, -0.2) is 0 Å². The summed E-state index contributed by atoms with van der Waals surface area (Å²) < 4.78 is 0. The molecule has 1 fully saturated rings. The molecule has 0 aliphatic heterocycles. The van der Waals surface area contributed by atoms with Crippen LogP contribution >= 0.6 is 0 Å². The molecule has 0 saturated heterocycles. The smallest absolute Gasteiger partial charge is 0.0773 e. The Balaban J connectivity index is 2.20. The molecule has 2 unspecified atom stereocenters. The highest BCUT2D eigenvalue weighted by molar-refractivity contribution is 6.72. The van der Waals surface area contributed by atoms with E-state index in [9.17, 15) is 0 Å². The van der Waals surface area contributed by atoms with Gasteiger partial charge in [-0.15, -0.1) is 0 Å². The Morgan fingerprint density at radius 2 is 2.25 bits per heavy atom. The van der Waals surface area contributed by atoms with Gasteiger partial charge in [0.1, 0.15) is 0 Å². The maximum absolute atomic E-state index is 8.59. The van der Waals surface area contributed by atoms with Crippen LogP contribution in [-0.2, 0) is 0 Å². The molecule has 108 valence electrons. The Hall–Kier alpha value is -1.32. The van der Waals surface area contributed by atoms with E-state index in [0.29, 0.717) is 6.54 Å². The molecule has 0 radical (unpaired) electrons. The van der Waals surface area contributed by atoms with Crippen molar-refractivity contribution < 1.29 is 0 Å². The minimum Gasteiger partial charge on any atom is -0.313 e. The monoisotopic (exact) mass is 288 g/mol. The van der Waals surface area contributed by atoms with Gasteiger partial charge in [0.25, 0.3) is 0 Å². The van der Waals surface area contributed by atoms with Crippen LogP contribution in [-0.4, -0.2) is 21.6 Å². The highest BCUT2D eigenvalue weighted by Gasteiger charge is 2.33. The van der Waals surface area contributed by atoms with E-state index in [1.165, 1.54) is 32.1 Å². The van der Waals surface area contributed by atoms with Crippen LogP contribution in [0, 0.1) is 5.41 Å². The van der Waals surface area contributed by atoms with Gasteiger partial charge in [0.15, 0.2) is 0 Å². The molecule has 4 nitrogen and oxygen atoms in total. The summed E-state index contributed by atoms with van der Waals surface area (Å²) >= 11 is 0. The Labute approximate surface area is 122 Å². The first-order valence-corrected chi connectivity index (χ1v) is 9.65. The van der Waals surface area contributed by atoms with E-state index in [-0.39, 0.29) is 5.54 Å². The van der Waals surface area contributed by atoms with Crippen molar-refractivity contribution >= 4 is 15.0 Å². The molecule has 0 heterocycles. The van der Waals surface area contributed by atoms with Crippen LogP contribution < -0.4 is 0 Å². The molecular formula is C15H24N4Si. The Morgan fingerprint density at radius 1 is 1.45 bits per heavy atom. The summed E-state index contributed by atoms with van der Waals surface area (Å²) in [6, 6.07) is 0. The quantitative estimate of drug-likeness (QED) is 0.242. The largest absolute Gasteiger partial charge is 0.313 e. The molecule has 2 atom stereocenters. The number of allylic oxidation sites excluding steroid dienone is 4. The lowest BCUT2D eigenvalue weighted by molar-refractivity contribution is 0.494. The first-order valence-electron chi connectivity index (χ1n) is 7.74. The Morgan fingerprint density at radius 3 is 2.85 bits per heavy atom. The number of nitrogens with zero attached hydrogens (tertiary/aromatic N) is 3. The molecule has 0 spiro atoms. The lowest BCUT2D eigenvalue weighted by Crippen LogP contribution is -2.33. The molecule has 2 rings (SSSR count). The van der Waals surface area contributed by atoms with E-state index >= 15 is 0 Å². The normalized spacial score (nSPS) is 22.5. The van der Waals surface area contributed by atoms with Crippen LogP contribution in [0.1, 0.15) is 44.9 Å². The molecule has 0 aromatic rings. The number of nitrogens with one attached hydrogen (secondary N) is 1. The predicted octanol–water partition coefficient (Wildman–Crippen LogP) is 4.69. The summed E-state index contributed by atoms with van der Waals surface area (Å²) in [5.41, 5.74) is 9.58. The van der Waals surface area contributed by atoms with Crippen LogP contribution in [0.4, 0.5) is 0 Å². The third kappa shape index (κ3) is 3.84. The molecule has 0 amide bonds. The van der Waals surface area contributed by atoms with Crippen LogP contribution in [0.15, 0.2) is 28.5 Å². The molecule has 2 aliphatic carbocycles. The van der Waals surface area contributed by atoms with Crippen LogP contribution in [0.3, 0.4) is 0 Å². The molecule has 1 N–H and O–H groups in total. The average Bonchev–Trinajstić information content (AvgIpc) is 2.53. The standard InChI is InChI=1S/C15H24N4Si/c16-11-15(12-18-19-17)20(13-7-3-1-4-8-13)14-9-5-2-6-10-14/h1,3,7,11,14-16,20H,2,4-6,8-10,12H2. The van der Waals surface area contributed by atoms with Gasteiger partial charge in [-0.05, 0) is 35.7 Å². The maximum atomic E-state index is 8.59. The molecule has 5 heteroatoms. The van der Waals surface area contributed by atoms with Crippen LogP contribution in [0.5, 0.6) is 0 Å². The van der Waals surface area contributed by atoms with Crippen molar-refractivity contribution in [1.29, 1.82) is 5.41 Å².